The number of nitrogens with one attached hydrogen (secondary N) is 2. The van der Waals surface area contributed by atoms with E-state index in [-0.39, 0.29) is 30.9 Å². The number of benzene rings is 2. The van der Waals surface area contributed by atoms with Crippen LogP contribution in [-0.2, 0) is 9.59 Å². The van der Waals surface area contributed by atoms with E-state index in [0.29, 0.717) is 17.0 Å². The molecule has 2 N–H and O–H groups in total. The Balaban J connectivity index is 1.92. The molecule has 3 amide bonds. The molecule has 0 aliphatic carbocycles. The number of nitrogens with zero attached hydrogens (tertiary/aromatic N) is 1. The van der Waals surface area contributed by atoms with Gasteiger partial charge in [-0.2, -0.15) is 0 Å². The summed E-state index contributed by atoms with van der Waals surface area (Å²) in [4.78, 5) is 38.6. The van der Waals surface area contributed by atoms with Crippen molar-refractivity contribution in [1.82, 2.24) is 10.2 Å². The first-order chi connectivity index (χ1) is 13.8. The van der Waals surface area contributed by atoms with Crippen molar-refractivity contribution in [3.05, 3.63) is 59.7 Å². The number of hydrogen-bond donors (Lipinski definition) is 2. The third-order valence-corrected chi connectivity index (χ3v) is 4.30. The number of rotatable bonds is 8. The number of hydrogen-bond acceptors (Lipinski definition) is 4. The van der Waals surface area contributed by atoms with Crippen LogP contribution in [0, 0.1) is 6.92 Å². The van der Waals surface area contributed by atoms with E-state index < -0.39 is 5.91 Å². The van der Waals surface area contributed by atoms with E-state index in [1.807, 2.05) is 32.9 Å². The van der Waals surface area contributed by atoms with E-state index in [4.69, 9.17) is 4.74 Å². The maximum absolute atomic E-state index is 12.8. The van der Waals surface area contributed by atoms with Crippen LogP contribution >= 0.6 is 0 Å². The molecule has 154 valence electrons. The van der Waals surface area contributed by atoms with Gasteiger partial charge in [-0.25, -0.2) is 0 Å². The van der Waals surface area contributed by atoms with E-state index in [1.165, 1.54) is 12.0 Å². The average Bonchev–Trinajstić information content (AvgIpc) is 2.71. The molecule has 0 heterocycles. The largest absolute Gasteiger partial charge is 0.497 e. The van der Waals surface area contributed by atoms with E-state index >= 15 is 0 Å². The monoisotopic (exact) mass is 397 g/mol. The Labute approximate surface area is 171 Å². The second-order valence-corrected chi connectivity index (χ2v) is 6.95. The van der Waals surface area contributed by atoms with Crippen LogP contribution in [0.15, 0.2) is 48.5 Å². The Morgan fingerprint density at radius 1 is 1.03 bits per heavy atom. The van der Waals surface area contributed by atoms with E-state index in [2.05, 4.69) is 10.6 Å². The van der Waals surface area contributed by atoms with Crippen LogP contribution in [0.3, 0.4) is 0 Å². The number of carbonyl (C=O) groups is 3. The molecule has 7 nitrogen and oxygen atoms in total. The molecular formula is C22H27N3O4. The highest BCUT2D eigenvalue weighted by Gasteiger charge is 2.22. The van der Waals surface area contributed by atoms with Gasteiger partial charge < -0.3 is 20.3 Å². The first-order valence-electron chi connectivity index (χ1n) is 9.38. The highest BCUT2D eigenvalue weighted by molar-refractivity contribution is 5.98. The minimum atomic E-state index is -0.408. The summed E-state index contributed by atoms with van der Waals surface area (Å²) in [6.07, 6.45) is 0. The molecule has 0 radical (unpaired) electrons. The lowest BCUT2D eigenvalue weighted by molar-refractivity contribution is -0.124. The number of carbonyl (C=O) groups excluding carboxylic acids is 3. The standard InChI is InChI=1S/C22H27N3O4/c1-15(2)25(22(28)17-6-5-7-19(12-17)29-4)14-21(27)23-13-20(26)24-18-10-8-16(3)9-11-18/h5-12,15H,13-14H2,1-4H3,(H,23,27)(H,24,26). The topological polar surface area (TPSA) is 87.7 Å². The minimum Gasteiger partial charge on any atom is -0.497 e. The molecule has 2 rings (SSSR count). The van der Waals surface area contributed by atoms with Gasteiger partial charge in [0.25, 0.3) is 5.91 Å². The number of methoxy groups -OCH3 is 1. The molecule has 0 unspecified atom stereocenters. The van der Waals surface area contributed by atoms with Gasteiger partial charge >= 0.3 is 0 Å². The van der Waals surface area contributed by atoms with Crippen LogP contribution in [0.1, 0.15) is 29.8 Å². The molecular weight excluding hydrogens is 370 g/mol. The zero-order chi connectivity index (χ0) is 21.4. The van der Waals surface area contributed by atoms with Crippen LogP contribution in [0.2, 0.25) is 0 Å². The number of amides is 3. The molecule has 0 saturated heterocycles. The third kappa shape index (κ3) is 6.64. The molecule has 0 aromatic heterocycles. The summed E-state index contributed by atoms with van der Waals surface area (Å²) in [7, 11) is 1.53. The van der Waals surface area contributed by atoms with E-state index in [0.717, 1.165) is 5.56 Å². The fourth-order valence-corrected chi connectivity index (χ4v) is 2.64. The van der Waals surface area contributed by atoms with Crippen LogP contribution in [0.25, 0.3) is 0 Å². The summed E-state index contributed by atoms with van der Waals surface area (Å²) in [5.74, 6) is -0.457. The van der Waals surface area contributed by atoms with Crippen molar-refractivity contribution in [1.29, 1.82) is 0 Å². The van der Waals surface area contributed by atoms with Crippen molar-refractivity contribution >= 4 is 23.4 Å². The van der Waals surface area contributed by atoms with Crippen molar-refractivity contribution in [3.8, 4) is 5.75 Å². The second-order valence-electron chi connectivity index (χ2n) is 6.95. The van der Waals surface area contributed by atoms with Gasteiger partial charge in [-0.1, -0.05) is 23.8 Å². The number of aryl methyl sites for hydroxylation is 1. The minimum absolute atomic E-state index is 0.147. The Kier molecular flexibility index (Phi) is 7.77. The Hall–Kier alpha value is -3.35. The fourth-order valence-electron chi connectivity index (χ4n) is 2.64. The molecule has 0 atom stereocenters. The molecule has 2 aromatic rings. The summed E-state index contributed by atoms with van der Waals surface area (Å²) < 4.78 is 5.15. The average molecular weight is 397 g/mol. The summed E-state index contributed by atoms with van der Waals surface area (Å²) in [6, 6.07) is 13.9. The highest BCUT2D eigenvalue weighted by Crippen LogP contribution is 2.15. The van der Waals surface area contributed by atoms with Gasteiger partial charge in [-0.05, 0) is 51.1 Å². The van der Waals surface area contributed by atoms with Gasteiger partial charge in [0.15, 0.2) is 0 Å². The Morgan fingerprint density at radius 2 is 1.72 bits per heavy atom. The molecule has 0 saturated carbocycles. The van der Waals surface area contributed by atoms with E-state index in [9.17, 15) is 14.4 Å². The molecule has 2 aromatic carbocycles. The van der Waals surface area contributed by atoms with Gasteiger partial charge in [-0.3, -0.25) is 14.4 Å². The quantitative estimate of drug-likeness (QED) is 0.717. The van der Waals surface area contributed by atoms with Gasteiger partial charge in [0.1, 0.15) is 12.3 Å². The zero-order valence-corrected chi connectivity index (χ0v) is 17.2. The number of anilines is 1. The molecule has 0 aliphatic rings. The Morgan fingerprint density at radius 3 is 2.34 bits per heavy atom. The second kappa shape index (κ2) is 10.3. The zero-order valence-electron chi connectivity index (χ0n) is 17.2. The van der Waals surface area contributed by atoms with Crippen molar-refractivity contribution in [2.45, 2.75) is 26.8 Å². The molecule has 29 heavy (non-hydrogen) atoms. The first kappa shape index (κ1) is 21.9. The van der Waals surface area contributed by atoms with Gasteiger partial charge in [0.05, 0.1) is 13.7 Å². The molecule has 0 spiro atoms. The number of ether oxygens (including phenoxy) is 1. The maximum Gasteiger partial charge on any atom is 0.254 e. The highest BCUT2D eigenvalue weighted by atomic mass is 16.5. The first-order valence-corrected chi connectivity index (χ1v) is 9.38. The maximum atomic E-state index is 12.8. The predicted molar refractivity (Wildman–Crippen MR) is 112 cm³/mol. The summed E-state index contributed by atoms with van der Waals surface area (Å²) in [5, 5.41) is 5.27. The van der Waals surface area contributed by atoms with Crippen molar-refractivity contribution in [3.63, 3.8) is 0 Å². The van der Waals surface area contributed by atoms with Gasteiger partial charge in [0, 0.05) is 17.3 Å². The lowest BCUT2D eigenvalue weighted by atomic mass is 10.1. The molecule has 0 fully saturated rings. The van der Waals surface area contributed by atoms with Crippen LogP contribution < -0.4 is 15.4 Å². The fraction of sp³-hybridized carbons (Fsp3) is 0.318. The van der Waals surface area contributed by atoms with Gasteiger partial charge in [0.2, 0.25) is 11.8 Å². The third-order valence-electron chi connectivity index (χ3n) is 4.30. The summed E-state index contributed by atoms with van der Waals surface area (Å²) in [6.45, 7) is 5.29. The smallest absolute Gasteiger partial charge is 0.254 e. The molecule has 0 bridgehead atoms. The van der Waals surface area contributed by atoms with Crippen LogP contribution in [0.4, 0.5) is 5.69 Å². The normalized spacial score (nSPS) is 10.4. The van der Waals surface area contributed by atoms with E-state index in [1.54, 1.807) is 36.4 Å². The van der Waals surface area contributed by atoms with Crippen LogP contribution in [0.5, 0.6) is 5.75 Å². The van der Waals surface area contributed by atoms with Crippen LogP contribution in [-0.4, -0.2) is 48.9 Å². The lowest BCUT2D eigenvalue weighted by Crippen LogP contribution is -2.45. The molecule has 0 aliphatic heterocycles. The van der Waals surface area contributed by atoms with Crippen molar-refractivity contribution in [2.24, 2.45) is 0 Å². The summed E-state index contributed by atoms with van der Waals surface area (Å²) in [5.41, 5.74) is 2.18. The Bertz CT molecular complexity index is 863. The molecule has 7 heteroatoms. The SMILES string of the molecule is COc1cccc(C(=O)N(CC(=O)NCC(=O)Nc2ccc(C)cc2)C(C)C)c1. The van der Waals surface area contributed by atoms with Gasteiger partial charge in [-0.15, -0.1) is 0 Å². The van der Waals surface area contributed by atoms with Crippen molar-refractivity contribution in [2.75, 3.05) is 25.5 Å². The summed E-state index contributed by atoms with van der Waals surface area (Å²) >= 11 is 0. The predicted octanol–water partition coefficient (Wildman–Crippen LogP) is 2.61. The van der Waals surface area contributed by atoms with Crippen molar-refractivity contribution < 1.29 is 19.1 Å². The lowest BCUT2D eigenvalue weighted by Gasteiger charge is -2.26.